The topological polar surface area (TPSA) is 76.0 Å². The summed E-state index contributed by atoms with van der Waals surface area (Å²) < 4.78 is 29.3. The number of hydrogen-bond acceptors (Lipinski definition) is 4. The molecule has 0 amide bonds. The van der Waals surface area contributed by atoms with Crippen LogP contribution < -0.4 is 10.0 Å². The number of halogens is 1. The zero-order valence-electron chi connectivity index (χ0n) is 17.7. The Labute approximate surface area is 188 Å². The number of rotatable bonds is 8. The van der Waals surface area contributed by atoms with Crippen LogP contribution in [0, 0.1) is 5.92 Å². The highest BCUT2D eigenvalue weighted by molar-refractivity contribution is 7.89. The summed E-state index contributed by atoms with van der Waals surface area (Å²) in [4.78, 5) is 0.170. The molecule has 0 saturated carbocycles. The quantitative estimate of drug-likeness (QED) is 0.543. The van der Waals surface area contributed by atoms with Crippen molar-refractivity contribution in [3.63, 3.8) is 0 Å². The van der Waals surface area contributed by atoms with Gasteiger partial charge in [-0.2, -0.15) is 5.10 Å². The van der Waals surface area contributed by atoms with E-state index in [2.05, 4.69) is 33.3 Å². The van der Waals surface area contributed by atoms with Crippen molar-refractivity contribution in [1.82, 2.24) is 19.8 Å². The Morgan fingerprint density at radius 2 is 2.03 bits per heavy atom. The van der Waals surface area contributed by atoms with E-state index in [1.807, 2.05) is 31.3 Å². The van der Waals surface area contributed by atoms with Crippen LogP contribution in [0.15, 0.2) is 59.8 Å². The Morgan fingerprint density at radius 3 is 2.74 bits per heavy atom. The van der Waals surface area contributed by atoms with Crippen LogP contribution in [0.2, 0.25) is 5.02 Å². The highest BCUT2D eigenvalue weighted by Gasteiger charge is 2.32. The summed E-state index contributed by atoms with van der Waals surface area (Å²) in [6.45, 7) is 1.17. The minimum absolute atomic E-state index is 0.170. The van der Waals surface area contributed by atoms with Crippen LogP contribution in [0.5, 0.6) is 0 Å². The molecular formula is C23H27ClN4O2S. The number of hydrogen-bond donors (Lipinski definition) is 2. The molecule has 4 rings (SSSR count). The van der Waals surface area contributed by atoms with E-state index in [0.29, 0.717) is 11.8 Å². The van der Waals surface area contributed by atoms with Gasteiger partial charge in [0.25, 0.3) is 0 Å². The maximum absolute atomic E-state index is 12.5. The molecule has 1 aliphatic carbocycles. The monoisotopic (exact) mass is 458 g/mol. The van der Waals surface area contributed by atoms with Crippen LogP contribution in [0.25, 0.3) is 0 Å². The lowest BCUT2D eigenvalue weighted by molar-refractivity contribution is 0.436. The zero-order chi connectivity index (χ0) is 22.0. The van der Waals surface area contributed by atoms with E-state index in [1.54, 1.807) is 7.05 Å². The van der Waals surface area contributed by atoms with E-state index in [9.17, 15) is 8.42 Å². The maximum atomic E-state index is 12.5. The maximum Gasteiger partial charge on any atom is 0.243 e. The van der Waals surface area contributed by atoms with E-state index in [0.717, 1.165) is 30.0 Å². The molecule has 164 valence electrons. The van der Waals surface area contributed by atoms with Gasteiger partial charge in [0.15, 0.2) is 0 Å². The Hall–Kier alpha value is -2.19. The Kier molecular flexibility index (Phi) is 6.48. The zero-order valence-corrected chi connectivity index (χ0v) is 19.2. The fourth-order valence-electron chi connectivity index (χ4n) is 4.43. The van der Waals surface area contributed by atoms with Crippen LogP contribution >= 0.6 is 11.6 Å². The Bertz CT molecular complexity index is 1180. The number of nitrogens with zero attached hydrogens (tertiary/aromatic N) is 2. The average Bonchev–Trinajstić information content (AvgIpc) is 3.31. The van der Waals surface area contributed by atoms with E-state index in [1.165, 1.54) is 33.8 Å². The van der Waals surface area contributed by atoms with Gasteiger partial charge in [-0.3, -0.25) is 4.68 Å². The van der Waals surface area contributed by atoms with Gasteiger partial charge in [0.1, 0.15) is 4.90 Å². The summed E-state index contributed by atoms with van der Waals surface area (Å²) in [7, 11) is 0.0839. The van der Waals surface area contributed by atoms with Crippen molar-refractivity contribution >= 4 is 21.6 Å². The third-order valence-corrected chi connectivity index (χ3v) is 7.52. The first kappa shape index (κ1) is 22.0. The van der Waals surface area contributed by atoms with Gasteiger partial charge in [-0.05, 0) is 72.7 Å². The minimum atomic E-state index is -3.60. The van der Waals surface area contributed by atoms with Crippen LogP contribution in [0.4, 0.5) is 0 Å². The number of benzene rings is 2. The van der Waals surface area contributed by atoms with Crippen molar-refractivity contribution < 1.29 is 8.42 Å². The summed E-state index contributed by atoms with van der Waals surface area (Å²) in [5.74, 6) is 0.845. The van der Waals surface area contributed by atoms with Gasteiger partial charge in [-0.25, -0.2) is 13.1 Å². The molecule has 2 atom stereocenters. The van der Waals surface area contributed by atoms with Gasteiger partial charge < -0.3 is 5.32 Å². The lowest BCUT2D eigenvalue weighted by Crippen LogP contribution is -2.24. The molecular weight excluding hydrogens is 432 g/mol. The molecule has 0 radical (unpaired) electrons. The van der Waals surface area contributed by atoms with Crippen molar-refractivity contribution in [2.75, 3.05) is 13.6 Å². The largest absolute Gasteiger partial charge is 0.319 e. The molecule has 6 nitrogen and oxygen atoms in total. The first-order chi connectivity index (χ1) is 14.9. The summed E-state index contributed by atoms with van der Waals surface area (Å²) in [6.07, 6.45) is 4.77. The molecule has 31 heavy (non-hydrogen) atoms. The van der Waals surface area contributed by atoms with Crippen molar-refractivity contribution in [3.05, 3.63) is 82.1 Å². The molecule has 1 aliphatic rings. The molecule has 2 N–H and O–H groups in total. The summed E-state index contributed by atoms with van der Waals surface area (Å²) >= 11 is 6.21. The minimum Gasteiger partial charge on any atom is -0.319 e. The van der Waals surface area contributed by atoms with Crippen molar-refractivity contribution in [2.24, 2.45) is 13.0 Å². The fraction of sp³-hybridized carbons (Fsp3) is 0.348. The van der Waals surface area contributed by atoms with Crippen LogP contribution in [-0.4, -0.2) is 31.8 Å². The van der Waals surface area contributed by atoms with Crippen LogP contribution in [0.3, 0.4) is 0 Å². The first-order valence-corrected chi connectivity index (χ1v) is 12.2. The van der Waals surface area contributed by atoms with Gasteiger partial charge in [-0.15, -0.1) is 0 Å². The second kappa shape index (κ2) is 9.12. The molecule has 0 bridgehead atoms. The second-order valence-electron chi connectivity index (χ2n) is 8.17. The SMILES string of the molecule is CNCC1Cc2ccc(CNS(=O)(=O)c3cnn(C)c3)cc2C1Cc1cccc(Cl)c1. The number of aryl methyl sites for hydroxylation is 1. The summed E-state index contributed by atoms with van der Waals surface area (Å²) in [5, 5.41) is 8.02. The standard InChI is InChI=1S/C23H27ClN4O2S/c1-25-13-19-11-18-7-6-17(12-27-31(29,30)21-14-26-28(2)15-21)10-22(18)23(19)9-16-4-3-5-20(24)8-16/h3-8,10,14-15,19,23,25,27H,9,11-13H2,1-2H3. The lowest BCUT2D eigenvalue weighted by atomic mass is 9.86. The highest BCUT2D eigenvalue weighted by Crippen LogP contribution is 2.40. The molecule has 1 aromatic heterocycles. The van der Waals surface area contributed by atoms with Gasteiger partial charge in [-0.1, -0.05) is 41.9 Å². The third kappa shape index (κ3) is 5.01. The first-order valence-electron chi connectivity index (χ1n) is 10.3. The molecule has 1 heterocycles. The van der Waals surface area contributed by atoms with Crippen LogP contribution in [0.1, 0.15) is 28.2 Å². The van der Waals surface area contributed by atoms with Crippen molar-refractivity contribution in [2.45, 2.75) is 30.2 Å². The molecule has 2 aromatic carbocycles. The Morgan fingerprint density at radius 1 is 1.19 bits per heavy atom. The fourth-order valence-corrected chi connectivity index (χ4v) is 5.65. The third-order valence-electron chi connectivity index (χ3n) is 5.93. The second-order valence-corrected chi connectivity index (χ2v) is 10.4. The number of sulfonamides is 1. The number of aromatic nitrogens is 2. The molecule has 8 heteroatoms. The molecule has 3 aromatic rings. The predicted octanol–water partition coefficient (Wildman–Crippen LogP) is 3.27. The Balaban J connectivity index is 1.55. The molecule has 0 fully saturated rings. The molecule has 0 saturated heterocycles. The van der Waals surface area contributed by atoms with Crippen molar-refractivity contribution in [1.29, 1.82) is 0 Å². The van der Waals surface area contributed by atoms with Gasteiger partial charge >= 0.3 is 0 Å². The van der Waals surface area contributed by atoms with Gasteiger partial charge in [0.2, 0.25) is 10.0 Å². The normalized spacial score (nSPS) is 18.3. The van der Waals surface area contributed by atoms with E-state index >= 15 is 0 Å². The smallest absolute Gasteiger partial charge is 0.243 e. The van der Waals surface area contributed by atoms with Gasteiger partial charge in [0, 0.05) is 24.8 Å². The number of fused-ring (bicyclic) bond motifs is 1. The lowest BCUT2D eigenvalue weighted by Gasteiger charge is -2.21. The summed E-state index contributed by atoms with van der Waals surface area (Å²) in [6, 6.07) is 14.3. The summed E-state index contributed by atoms with van der Waals surface area (Å²) in [5.41, 5.74) is 4.81. The van der Waals surface area contributed by atoms with Gasteiger partial charge in [0.05, 0.1) is 6.20 Å². The average molecular weight is 459 g/mol. The predicted molar refractivity (Wildman–Crippen MR) is 123 cm³/mol. The molecule has 0 aliphatic heterocycles. The van der Waals surface area contributed by atoms with E-state index in [-0.39, 0.29) is 11.4 Å². The van der Waals surface area contributed by atoms with Crippen LogP contribution in [-0.2, 0) is 36.5 Å². The molecule has 0 spiro atoms. The number of nitrogens with one attached hydrogen (secondary N) is 2. The van der Waals surface area contributed by atoms with Crippen molar-refractivity contribution in [3.8, 4) is 0 Å². The van der Waals surface area contributed by atoms with E-state index in [4.69, 9.17) is 11.6 Å². The van der Waals surface area contributed by atoms with E-state index < -0.39 is 10.0 Å². The highest BCUT2D eigenvalue weighted by atomic mass is 35.5. The molecule has 2 unspecified atom stereocenters.